The Labute approximate surface area is 113 Å². The second-order valence-corrected chi connectivity index (χ2v) is 5.07. The molecule has 1 rings (SSSR count). The van der Waals surface area contributed by atoms with Crippen LogP contribution in [0.5, 0.6) is 0 Å². The van der Waals surface area contributed by atoms with Crippen LogP contribution in [-0.4, -0.2) is 24.6 Å². The SMILES string of the molecule is COC(=O)CCCCSC/C=C/c1ccccc1. The highest BCUT2D eigenvalue weighted by Gasteiger charge is 1.98. The number of benzene rings is 1. The van der Waals surface area contributed by atoms with Gasteiger partial charge in [0, 0.05) is 12.2 Å². The normalized spacial score (nSPS) is 10.7. The second kappa shape index (κ2) is 9.77. The van der Waals surface area contributed by atoms with E-state index in [1.54, 1.807) is 0 Å². The predicted molar refractivity (Wildman–Crippen MR) is 78.7 cm³/mol. The fourth-order valence-electron chi connectivity index (χ4n) is 1.48. The standard InChI is InChI=1S/C15H20O2S/c1-17-15(16)11-5-6-12-18-13-7-10-14-8-3-2-4-9-14/h2-4,7-10H,5-6,11-13H2,1H3/b10-7+. The highest BCUT2D eigenvalue weighted by Crippen LogP contribution is 2.08. The van der Waals surface area contributed by atoms with Gasteiger partial charge in [0.25, 0.3) is 0 Å². The Morgan fingerprint density at radius 1 is 1.28 bits per heavy atom. The zero-order valence-corrected chi connectivity index (χ0v) is 11.6. The molecule has 0 aliphatic carbocycles. The number of hydrogen-bond donors (Lipinski definition) is 0. The molecule has 1 aromatic rings. The Balaban J connectivity index is 1.99. The quantitative estimate of drug-likeness (QED) is 0.528. The smallest absolute Gasteiger partial charge is 0.305 e. The van der Waals surface area contributed by atoms with Gasteiger partial charge in [-0.2, -0.15) is 11.8 Å². The summed E-state index contributed by atoms with van der Waals surface area (Å²) in [7, 11) is 1.44. The Morgan fingerprint density at radius 3 is 2.78 bits per heavy atom. The van der Waals surface area contributed by atoms with Gasteiger partial charge in [0.15, 0.2) is 0 Å². The number of thioether (sulfide) groups is 1. The Hall–Kier alpha value is -1.22. The molecule has 3 heteroatoms. The van der Waals surface area contributed by atoms with Gasteiger partial charge in [0.05, 0.1) is 7.11 Å². The lowest BCUT2D eigenvalue weighted by molar-refractivity contribution is -0.140. The van der Waals surface area contributed by atoms with E-state index in [-0.39, 0.29) is 5.97 Å². The monoisotopic (exact) mass is 264 g/mol. The van der Waals surface area contributed by atoms with Crippen molar-refractivity contribution in [2.45, 2.75) is 19.3 Å². The Bertz CT molecular complexity index is 360. The van der Waals surface area contributed by atoms with Crippen LogP contribution < -0.4 is 0 Å². The summed E-state index contributed by atoms with van der Waals surface area (Å²) in [5.41, 5.74) is 1.24. The van der Waals surface area contributed by atoms with E-state index in [9.17, 15) is 4.79 Å². The van der Waals surface area contributed by atoms with Gasteiger partial charge in [-0.15, -0.1) is 0 Å². The largest absolute Gasteiger partial charge is 0.469 e. The summed E-state index contributed by atoms with van der Waals surface area (Å²) < 4.78 is 4.59. The number of hydrogen-bond acceptors (Lipinski definition) is 3. The molecule has 18 heavy (non-hydrogen) atoms. The van der Waals surface area contributed by atoms with Crippen LogP contribution in [0.25, 0.3) is 6.08 Å². The third kappa shape index (κ3) is 7.17. The van der Waals surface area contributed by atoms with E-state index in [0.717, 1.165) is 24.3 Å². The Morgan fingerprint density at radius 2 is 2.06 bits per heavy atom. The molecule has 0 amide bonds. The number of esters is 1. The van der Waals surface area contributed by atoms with Crippen LogP contribution >= 0.6 is 11.8 Å². The molecule has 0 aliphatic heterocycles. The van der Waals surface area contributed by atoms with Gasteiger partial charge in [0.1, 0.15) is 0 Å². The van der Waals surface area contributed by atoms with Crippen molar-refractivity contribution in [3.05, 3.63) is 42.0 Å². The molecule has 98 valence electrons. The first-order chi connectivity index (χ1) is 8.83. The topological polar surface area (TPSA) is 26.3 Å². The van der Waals surface area contributed by atoms with E-state index in [1.165, 1.54) is 12.7 Å². The zero-order chi connectivity index (χ0) is 13.1. The minimum atomic E-state index is -0.107. The summed E-state index contributed by atoms with van der Waals surface area (Å²) in [4.78, 5) is 10.9. The van der Waals surface area contributed by atoms with Crippen LogP contribution in [0.3, 0.4) is 0 Å². The number of carbonyl (C=O) groups excluding carboxylic acids is 1. The molecule has 1 aromatic carbocycles. The molecule has 0 unspecified atom stereocenters. The van der Waals surface area contributed by atoms with Crippen LogP contribution in [0.15, 0.2) is 36.4 Å². The molecule has 0 spiro atoms. The van der Waals surface area contributed by atoms with Gasteiger partial charge in [0.2, 0.25) is 0 Å². The lowest BCUT2D eigenvalue weighted by Crippen LogP contribution is -1.99. The van der Waals surface area contributed by atoms with Gasteiger partial charge >= 0.3 is 5.97 Å². The second-order valence-electron chi connectivity index (χ2n) is 3.92. The average molecular weight is 264 g/mol. The van der Waals surface area contributed by atoms with Crippen LogP contribution in [0.2, 0.25) is 0 Å². The number of unbranched alkanes of at least 4 members (excludes halogenated alkanes) is 1. The zero-order valence-electron chi connectivity index (χ0n) is 10.8. The van der Waals surface area contributed by atoms with Crippen molar-refractivity contribution in [2.24, 2.45) is 0 Å². The van der Waals surface area contributed by atoms with Gasteiger partial charge in [-0.3, -0.25) is 4.79 Å². The van der Waals surface area contributed by atoms with Crippen LogP contribution in [0.1, 0.15) is 24.8 Å². The first kappa shape index (κ1) is 14.8. The molecule has 0 aromatic heterocycles. The minimum Gasteiger partial charge on any atom is -0.469 e. The van der Waals surface area contributed by atoms with Crippen LogP contribution in [-0.2, 0) is 9.53 Å². The Kier molecular flexibility index (Phi) is 8.06. The van der Waals surface area contributed by atoms with E-state index in [2.05, 4.69) is 29.0 Å². The summed E-state index contributed by atoms with van der Waals surface area (Å²) >= 11 is 1.89. The molecule has 0 heterocycles. The molecular formula is C15H20O2S. The molecule has 0 saturated heterocycles. The highest BCUT2D eigenvalue weighted by atomic mass is 32.2. The third-order valence-electron chi connectivity index (χ3n) is 2.47. The first-order valence-corrected chi connectivity index (χ1v) is 7.34. The van der Waals surface area contributed by atoms with Gasteiger partial charge < -0.3 is 4.74 Å². The van der Waals surface area contributed by atoms with Gasteiger partial charge in [-0.25, -0.2) is 0 Å². The predicted octanol–water partition coefficient (Wildman–Crippen LogP) is 3.78. The maximum absolute atomic E-state index is 10.9. The highest BCUT2D eigenvalue weighted by molar-refractivity contribution is 7.99. The summed E-state index contributed by atoms with van der Waals surface area (Å²) in [5.74, 6) is 2.01. The summed E-state index contributed by atoms with van der Waals surface area (Å²) in [6.45, 7) is 0. The molecule has 0 saturated carbocycles. The third-order valence-corrected chi connectivity index (χ3v) is 3.48. The minimum absolute atomic E-state index is 0.107. The van der Waals surface area contributed by atoms with E-state index in [1.807, 2.05) is 30.0 Å². The van der Waals surface area contributed by atoms with E-state index >= 15 is 0 Å². The van der Waals surface area contributed by atoms with Crippen LogP contribution in [0, 0.1) is 0 Å². The number of rotatable bonds is 8. The molecule has 0 bridgehead atoms. The fraction of sp³-hybridized carbons (Fsp3) is 0.400. The number of ether oxygens (including phenoxy) is 1. The van der Waals surface area contributed by atoms with Crippen molar-refractivity contribution in [1.29, 1.82) is 0 Å². The molecule has 2 nitrogen and oxygen atoms in total. The molecule has 0 fully saturated rings. The van der Waals surface area contributed by atoms with Crippen molar-refractivity contribution >= 4 is 23.8 Å². The molecule has 0 radical (unpaired) electrons. The van der Waals surface area contributed by atoms with Crippen molar-refractivity contribution in [3.63, 3.8) is 0 Å². The van der Waals surface area contributed by atoms with Gasteiger partial charge in [-0.1, -0.05) is 42.5 Å². The molecule has 0 aliphatic rings. The maximum atomic E-state index is 10.9. The summed E-state index contributed by atoms with van der Waals surface area (Å²) in [6.07, 6.45) is 6.85. The van der Waals surface area contributed by atoms with E-state index in [4.69, 9.17) is 0 Å². The van der Waals surface area contributed by atoms with Crippen LogP contribution in [0.4, 0.5) is 0 Å². The van der Waals surface area contributed by atoms with E-state index in [0.29, 0.717) is 6.42 Å². The molecule has 0 N–H and O–H groups in total. The number of methoxy groups -OCH3 is 1. The fourth-order valence-corrected chi connectivity index (χ4v) is 2.28. The maximum Gasteiger partial charge on any atom is 0.305 e. The van der Waals surface area contributed by atoms with E-state index < -0.39 is 0 Å². The lowest BCUT2D eigenvalue weighted by Gasteiger charge is -1.99. The average Bonchev–Trinajstić information content (AvgIpc) is 2.42. The van der Waals surface area contributed by atoms with Crippen molar-refractivity contribution in [1.82, 2.24) is 0 Å². The summed E-state index contributed by atoms with van der Waals surface area (Å²) in [6, 6.07) is 10.3. The lowest BCUT2D eigenvalue weighted by atomic mass is 10.2. The number of carbonyl (C=O) groups is 1. The summed E-state index contributed by atoms with van der Waals surface area (Å²) in [5, 5.41) is 0. The van der Waals surface area contributed by atoms with Crippen molar-refractivity contribution in [2.75, 3.05) is 18.6 Å². The van der Waals surface area contributed by atoms with Crippen molar-refractivity contribution < 1.29 is 9.53 Å². The molecular weight excluding hydrogens is 244 g/mol. The molecule has 0 atom stereocenters. The van der Waals surface area contributed by atoms with Crippen molar-refractivity contribution in [3.8, 4) is 0 Å². The first-order valence-electron chi connectivity index (χ1n) is 6.19. The van der Waals surface area contributed by atoms with Gasteiger partial charge in [-0.05, 0) is 24.2 Å².